The highest BCUT2D eigenvalue weighted by Crippen LogP contribution is 2.22. The van der Waals surface area contributed by atoms with Crippen LogP contribution in [-0.4, -0.2) is 23.2 Å². The average Bonchev–Trinajstić information content (AvgIpc) is 2.27. The Bertz CT molecular complexity index is 457. The quantitative estimate of drug-likeness (QED) is 0.206. The lowest BCUT2D eigenvalue weighted by atomic mass is 10.2. The third-order valence-corrected chi connectivity index (χ3v) is 1.70. The first-order valence-electron chi connectivity index (χ1n) is 4.22. The number of oxime groups is 1. The van der Waals surface area contributed by atoms with Gasteiger partial charge in [-0.05, 0) is 12.1 Å². The molecule has 0 aliphatic heterocycles. The van der Waals surface area contributed by atoms with Crippen LogP contribution >= 0.6 is 0 Å². The molecule has 0 saturated carbocycles. The molecule has 8 heteroatoms. The second-order valence-corrected chi connectivity index (χ2v) is 2.87. The molecule has 0 heterocycles. The van der Waals surface area contributed by atoms with Crippen LogP contribution in [0.5, 0.6) is 5.75 Å². The van der Waals surface area contributed by atoms with Crippen molar-refractivity contribution in [3.8, 4) is 5.75 Å². The largest absolute Gasteiger partial charge is 0.491 e. The first-order valence-corrected chi connectivity index (χ1v) is 4.22. The molecule has 1 rings (SSSR count). The molecule has 0 unspecified atom stereocenters. The van der Waals surface area contributed by atoms with Gasteiger partial charge in [-0.3, -0.25) is 0 Å². The van der Waals surface area contributed by atoms with Crippen molar-refractivity contribution in [1.82, 2.24) is 0 Å². The summed E-state index contributed by atoms with van der Waals surface area (Å²) in [6.45, 7) is 0. The number of carbonyl (C=O) groups is 1. The molecule has 1 aromatic rings. The van der Waals surface area contributed by atoms with Crippen molar-refractivity contribution in [3.05, 3.63) is 29.8 Å². The molecule has 1 aromatic carbocycles. The van der Waals surface area contributed by atoms with Crippen molar-refractivity contribution < 1.29 is 27.9 Å². The normalized spacial score (nSPS) is 12.3. The SMILES string of the molecule is N/C(=N\O)c1ccccc1OC(=O)C(F)(F)F. The molecular weight excluding hydrogens is 241 g/mol. The minimum absolute atomic E-state index is 0.118. The second kappa shape index (κ2) is 4.73. The lowest BCUT2D eigenvalue weighted by Gasteiger charge is -2.10. The van der Waals surface area contributed by atoms with E-state index in [0.29, 0.717) is 0 Å². The van der Waals surface area contributed by atoms with E-state index in [0.717, 1.165) is 6.07 Å². The molecule has 3 N–H and O–H groups in total. The average molecular weight is 248 g/mol. The second-order valence-electron chi connectivity index (χ2n) is 2.87. The van der Waals surface area contributed by atoms with Gasteiger partial charge >= 0.3 is 12.1 Å². The van der Waals surface area contributed by atoms with Crippen LogP contribution in [0.2, 0.25) is 0 Å². The Kier molecular flexibility index (Phi) is 3.56. The molecule has 0 aliphatic rings. The number of benzene rings is 1. The zero-order valence-corrected chi connectivity index (χ0v) is 8.23. The Labute approximate surface area is 93.3 Å². The highest BCUT2D eigenvalue weighted by Gasteiger charge is 2.41. The monoisotopic (exact) mass is 248 g/mol. The first-order chi connectivity index (χ1) is 7.86. The van der Waals surface area contributed by atoms with E-state index in [2.05, 4.69) is 9.89 Å². The number of para-hydroxylation sites is 1. The van der Waals surface area contributed by atoms with Gasteiger partial charge in [0.1, 0.15) is 5.75 Å². The van der Waals surface area contributed by atoms with E-state index >= 15 is 0 Å². The summed E-state index contributed by atoms with van der Waals surface area (Å²) in [5.41, 5.74) is 5.09. The van der Waals surface area contributed by atoms with E-state index in [-0.39, 0.29) is 5.56 Å². The Balaban J connectivity index is 3.04. The molecule has 0 amide bonds. The van der Waals surface area contributed by atoms with E-state index in [1.165, 1.54) is 18.2 Å². The third-order valence-electron chi connectivity index (χ3n) is 1.70. The summed E-state index contributed by atoms with van der Waals surface area (Å²) in [5, 5.41) is 11.0. The van der Waals surface area contributed by atoms with E-state index in [4.69, 9.17) is 10.9 Å². The summed E-state index contributed by atoms with van der Waals surface area (Å²) >= 11 is 0. The zero-order chi connectivity index (χ0) is 13.1. The van der Waals surface area contributed by atoms with Gasteiger partial charge in [-0.1, -0.05) is 17.3 Å². The maximum atomic E-state index is 12.0. The van der Waals surface area contributed by atoms with Gasteiger partial charge in [0.15, 0.2) is 5.84 Å². The zero-order valence-electron chi connectivity index (χ0n) is 8.23. The van der Waals surface area contributed by atoms with Crippen LogP contribution in [0, 0.1) is 0 Å². The van der Waals surface area contributed by atoms with Crippen LogP contribution < -0.4 is 10.5 Å². The van der Waals surface area contributed by atoms with Crippen LogP contribution in [0.3, 0.4) is 0 Å². The van der Waals surface area contributed by atoms with Gasteiger partial charge in [-0.2, -0.15) is 13.2 Å². The van der Waals surface area contributed by atoms with Crippen molar-refractivity contribution in [2.75, 3.05) is 0 Å². The molecule has 0 aliphatic carbocycles. The van der Waals surface area contributed by atoms with Gasteiger partial charge in [-0.15, -0.1) is 0 Å². The number of nitrogens with two attached hydrogens (primary N) is 1. The minimum atomic E-state index is -5.11. The molecule has 0 spiro atoms. The summed E-state index contributed by atoms with van der Waals surface area (Å²) < 4.78 is 40.0. The number of nitrogens with zero attached hydrogens (tertiary/aromatic N) is 1. The van der Waals surface area contributed by atoms with Crippen LogP contribution in [0.25, 0.3) is 0 Å². The summed E-state index contributed by atoms with van der Waals surface area (Å²) in [6.07, 6.45) is -5.11. The minimum Gasteiger partial charge on any atom is -0.419 e. The molecule has 0 saturated heterocycles. The van der Waals surface area contributed by atoms with Crippen molar-refractivity contribution >= 4 is 11.8 Å². The molecule has 0 radical (unpaired) electrons. The third kappa shape index (κ3) is 3.10. The van der Waals surface area contributed by atoms with Gasteiger partial charge in [-0.25, -0.2) is 4.79 Å². The smallest absolute Gasteiger partial charge is 0.419 e. The molecule has 17 heavy (non-hydrogen) atoms. The predicted molar refractivity (Wildman–Crippen MR) is 50.6 cm³/mol. The standard InChI is InChI=1S/C9H7F3N2O3/c10-9(11,12)8(15)17-6-4-2-1-3-5(6)7(13)14-16/h1-4,16H,(H2,13,14). The van der Waals surface area contributed by atoms with Crippen LogP contribution in [-0.2, 0) is 4.79 Å². The number of carbonyl (C=O) groups excluding carboxylic acids is 1. The highest BCUT2D eigenvalue weighted by atomic mass is 19.4. The number of ether oxygens (including phenoxy) is 1. The molecule has 0 fully saturated rings. The first kappa shape index (κ1) is 12.8. The van der Waals surface area contributed by atoms with E-state index in [1.54, 1.807) is 0 Å². The predicted octanol–water partition coefficient (Wildman–Crippen LogP) is 1.25. The van der Waals surface area contributed by atoms with Crippen molar-refractivity contribution in [2.24, 2.45) is 10.9 Å². The summed E-state index contributed by atoms with van der Waals surface area (Å²) in [4.78, 5) is 10.6. The van der Waals surface area contributed by atoms with E-state index in [9.17, 15) is 18.0 Å². The lowest BCUT2D eigenvalue weighted by molar-refractivity contribution is -0.189. The molecule has 0 bridgehead atoms. The Morgan fingerprint density at radius 2 is 1.94 bits per heavy atom. The molecule has 92 valence electrons. The number of amidine groups is 1. The van der Waals surface area contributed by atoms with Crippen LogP contribution in [0.1, 0.15) is 5.56 Å². The van der Waals surface area contributed by atoms with Crippen LogP contribution in [0.15, 0.2) is 29.4 Å². The fraction of sp³-hybridized carbons (Fsp3) is 0.111. The molecule has 5 nitrogen and oxygen atoms in total. The summed E-state index contributed by atoms with van der Waals surface area (Å²) in [5.74, 6) is -3.28. The van der Waals surface area contributed by atoms with Crippen molar-refractivity contribution in [2.45, 2.75) is 6.18 Å². The number of hydrogen-bond donors (Lipinski definition) is 2. The summed E-state index contributed by atoms with van der Waals surface area (Å²) in [6, 6.07) is 5.11. The van der Waals surface area contributed by atoms with Gasteiger partial charge in [0.2, 0.25) is 0 Å². The lowest BCUT2D eigenvalue weighted by Crippen LogP contribution is -2.29. The Hall–Kier alpha value is -2.25. The van der Waals surface area contributed by atoms with Gasteiger partial charge in [0.25, 0.3) is 0 Å². The number of rotatable bonds is 2. The fourth-order valence-electron chi connectivity index (χ4n) is 0.979. The topological polar surface area (TPSA) is 84.9 Å². The molecule has 0 atom stereocenters. The molecule has 0 aromatic heterocycles. The van der Waals surface area contributed by atoms with Crippen LogP contribution in [0.4, 0.5) is 13.2 Å². The van der Waals surface area contributed by atoms with E-state index in [1.807, 2.05) is 0 Å². The maximum Gasteiger partial charge on any atom is 0.491 e. The van der Waals surface area contributed by atoms with Crippen molar-refractivity contribution in [1.29, 1.82) is 0 Å². The Morgan fingerprint density at radius 3 is 2.47 bits per heavy atom. The Morgan fingerprint density at radius 1 is 1.35 bits per heavy atom. The highest BCUT2D eigenvalue weighted by molar-refractivity contribution is 6.00. The van der Waals surface area contributed by atoms with Gasteiger partial charge < -0.3 is 15.7 Å². The fourth-order valence-corrected chi connectivity index (χ4v) is 0.979. The van der Waals surface area contributed by atoms with Gasteiger partial charge in [0.05, 0.1) is 5.56 Å². The number of halogens is 3. The van der Waals surface area contributed by atoms with E-state index < -0.39 is 23.7 Å². The summed E-state index contributed by atoms with van der Waals surface area (Å²) in [7, 11) is 0. The number of hydrogen-bond acceptors (Lipinski definition) is 4. The van der Waals surface area contributed by atoms with Gasteiger partial charge in [0, 0.05) is 0 Å². The number of alkyl halides is 3. The number of esters is 1. The molecular formula is C9H7F3N2O3. The van der Waals surface area contributed by atoms with Crippen molar-refractivity contribution in [3.63, 3.8) is 0 Å². The maximum absolute atomic E-state index is 12.0.